The van der Waals surface area contributed by atoms with Crippen molar-refractivity contribution in [2.45, 2.75) is 6.42 Å². The lowest BCUT2D eigenvalue weighted by Gasteiger charge is -1.98. The molecule has 0 saturated carbocycles. The van der Waals surface area contributed by atoms with Gasteiger partial charge in [0.05, 0.1) is 0 Å². The summed E-state index contributed by atoms with van der Waals surface area (Å²) in [5.41, 5.74) is 1.01. The van der Waals surface area contributed by atoms with Crippen LogP contribution in [0.3, 0.4) is 0 Å². The van der Waals surface area contributed by atoms with Crippen molar-refractivity contribution in [2.24, 2.45) is 0 Å². The zero-order chi connectivity index (χ0) is 7.40. The van der Waals surface area contributed by atoms with E-state index in [1.165, 1.54) is 0 Å². The Bertz CT molecular complexity index is 210. The first-order chi connectivity index (χ1) is 4.84. The topological polar surface area (TPSA) is 20.2 Å². The van der Waals surface area contributed by atoms with Crippen LogP contribution in [-0.2, 0) is 6.42 Å². The molecule has 10 heavy (non-hydrogen) atoms. The molecule has 0 radical (unpaired) electrons. The Labute approximate surface area is 65.3 Å². The monoisotopic (exact) mass is 156 g/mol. The smallest absolute Gasteiger partial charge is 0.0471 e. The number of hydrogen-bond donors (Lipinski definition) is 1. The molecule has 0 aliphatic rings. The number of aliphatic hydroxyl groups is 1. The second-order valence-corrected chi connectivity index (χ2v) is 2.47. The Morgan fingerprint density at radius 3 is 2.60 bits per heavy atom. The summed E-state index contributed by atoms with van der Waals surface area (Å²) in [4.78, 5) is 0. The molecule has 0 amide bonds. The van der Waals surface area contributed by atoms with E-state index in [0.29, 0.717) is 6.42 Å². The predicted molar refractivity (Wildman–Crippen MR) is 42.2 cm³/mol. The van der Waals surface area contributed by atoms with E-state index in [2.05, 4.69) is 0 Å². The number of halogens is 1. The van der Waals surface area contributed by atoms with Gasteiger partial charge in [-0.15, -0.1) is 0 Å². The molecule has 0 atom stereocenters. The molecule has 54 valence electrons. The highest BCUT2D eigenvalue weighted by Crippen LogP contribution is 2.14. The second kappa shape index (κ2) is 3.59. The minimum Gasteiger partial charge on any atom is -0.396 e. The fourth-order valence-corrected chi connectivity index (χ4v) is 1.05. The van der Waals surface area contributed by atoms with Crippen LogP contribution < -0.4 is 0 Å². The van der Waals surface area contributed by atoms with Crippen molar-refractivity contribution in [1.82, 2.24) is 0 Å². The molecule has 1 aromatic carbocycles. The van der Waals surface area contributed by atoms with Crippen LogP contribution in [0.1, 0.15) is 5.56 Å². The molecular formula is C8H9ClO. The number of hydrogen-bond acceptors (Lipinski definition) is 1. The summed E-state index contributed by atoms with van der Waals surface area (Å²) in [7, 11) is 0. The van der Waals surface area contributed by atoms with Gasteiger partial charge in [0.15, 0.2) is 0 Å². The van der Waals surface area contributed by atoms with Gasteiger partial charge in [-0.05, 0) is 18.1 Å². The van der Waals surface area contributed by atoms with Gasteiger partial charge in [-0.2, -0.15) is 0 Å². The van der Waals surface area contributed by atoms with Crippen LogP contribution in [0.25, 0.3) is 0 Å². The summed E-state index contributed by atoms with van der Waals surface area (Å²) >= 11 is 5.79. The van der Waals surface area contributed by atoms with Crippen molar-refractivity contribution >= 4 is 11.6 Å². The zero-order valence-corrected chi connectivity index (χ0v) is 6.30. The lowest BCUT2D eigenvalue weighted by atomic mass is 10.2. The summed E-state index contributed by atoms with van der Waals surface area (Å²) in [6.45, 7) is 0.156. The summed E-state index contributed by atoms with van der Waals surface area (Å²) in [5, 5.41) is 9.32. The Morgan fingerprint density at radius 1 is 1.30 bits per heavy atom. The van der Waals surface area contributed by atoms with Crippen molar-refractivity contribution in [1.29, 1.82) is 0 Å². The molecule has 0 aromatic heterocycles. The fraction of sp³-hybridized carbons (Fsp3) is 0.250. The van der Waals surface area contributed by atoms with E-state index in [1.54, 1.807) is 0 Å². The van der Waals surface area contributed by atoms with Gasteiger partial charge >= 0.3 is 0 Å². The molecule has 0 fully saturated rings. The average molecular weight is 157 g/mol. The molecule has 1 N–H and O–H groups in total. The maximum Gasteiger partial charge on any atom is 0.0471 e. The van der Waals surface area contributed by atoms with E-state index in [0.717, 1.165) is 10.6 Å². The van der Waals surface area contributed by atoms with Crippen molar-refractivity contribution in [3.63, 3.8) is 0 Å². The van der Waals surface area contributed by atoms with Crippen LogP contribution in [0.2, 0.25) is 5.02 Å². The highest BCUT2D eigenvalue weighted by Gasteiger charge is 1.95. The van der Waals surface area contributed by atoms with E-state index in [4.69, 9.17) is 16.7 Å². The Morgan fingerprint density at radius 2 is 2.00 bits per heavy atom. The van der Waals surface area contributed by atoms with Crippen molar-refractivity contribution in [3.8, 4) is 0 Å². The standard InChI is InChI=1S/C8H9ClO/c9-8-4-2-1-3-7(8)5-6-10/h1-4,10H,5-6H2. The number of benzene rings is 1. The fourth-order valence-electron chi connectivity index (χ4n) is 0.822. The number of rotatable bonds is 2. The highest BCUT2D eigenvalue weighted by molar-refractivity contribution is 6.31. The first-order valence-electron chi connectivity index (χ1n) is 3.19. The van der Waals surface area contributed by atoms with Crippen molar-refractivity contribution in [3.05, 3.63) is 34.9 Å². The van der Waals surface area contributed by atoms with Gasteiger partial charge in [-0.25, -0.2) is 0 Å². The van der Waals surface area contributed by atoms with E-state index in [-0.39, 0.29) is 6.61 Å². The Kier molecular flexibility index (Phi) is 2.72. The molecule has 0 unspecified atom stereocenters. The SMILES string of the molecule is OCCc1ccccc1Cl. The Hall–Kier alpha value is -0.530. The van der Waals surface area contributed by atoms with Gasteiger partial charge in [0, 0.05) is 11.6 Å². The Balaban J connectivity index is 2.81. The van der Waals surface area contributed by atoms with Crippen molar-refractivity contribution in [2.75, 3.05) is 6.61 Å². The van der Waals surface area contributed by atoms with Crippen LogP contribution in [0, 0.1) is 0 Å². The lowest BCUT2D eigenvalue weighted by Crippen LogP contribution is -1.90. The van der Waals surface area contributed by atoms with Crippen LogP contribution in [-0.4, -0.2) is 11.7 Å². The number of aliphatic hydroxyl groups excluding tert-OH is 1. The third-order valence-corrected chi connectivity index (χ3v) is 1.71. The first-order valence-corrected chi connectivity index (χ1v) is 3.56. The van der Waals surface area contributed by atoms with Gasteiger partial charge in [0.2, 0.25) is 0 Å². The zero-order valence-electron chi connectivity index (χ0n) is 5.55. The van der Waals surface area contributed by atoms with Crippen molar-refractivity contribution < 1.29 is 5.11 Å². The predicted octanol–water partition coefficient (Wildman–Crippen LogP) is 1.87. The maximum absolute atomic E-state index is 8.59. The van der Waals surface area contributed by atoms with Gasteiger partial charge in [0.1, 0.15) is 0 Å². The molecule has 1 aromatic rings. The minimum atomic E-state index is 0.156. The average Bonchev–Trinajstić information content (AvgIpc) is 1.94. The van der Waals surface area contributed by atoms with E-state index in [9.17, 15) is 0 Å². The molecule has 1 rings (SSSR count). The summed E-state index contributed by atoms with van der Waals surface area (Å²) in [6.07, 6.45) is 0.639. The van der Waals surface area contributed by atoms with E-state index in [1.807, 2.05) is 24.3 Å². The summed E-state index contributed by atoms with van der Waals surface area (Å²) in [5.74, 6) is 0. The van der Waals surface area contributed by atoms with E-state index >= 15 is 0 Å². The normalized spacial score (nSPS) is 9.80. The van der Waals surface area contributed by atoms with Gasteiger partial charge in [-0.1, -0.05) is 29.8 Å². The molecule has 0 bridgehead atoms. The van der Waals surface area contributed by atoms with Crippen LogP contribution in [0.15, 0.2) is 24.3 Å². The molecular weight excluding hydrogens is 148 g/mol. The third kappa shape index (κ3) is 1.72. The molecule has 0 spiro atoms. The van der Waals surface area contributed by atoms with Gasteiger partial charge < -0.3 is 5.11 Å². The van der Waals surface area contributed by atoms with Gasteiger partial charge in [-0.3, -0.25) is 0 Å². The summed E-state index contributed by atoms with van der Waals surface area (Å²) in [6, 6.07) is 7.53. The third-order valence-electron chi connectivity index (χ3n) is 1.34. The van der Waals surface area contributed by atoms with Crippen LogP contribution >= 0.6 is 11.6 Å². The molecule has 0 aliphatic carbocycles. The van der Waals surface area contributed by atoms with Gasteiger partial charge in [0.25, 0.3) is 0 Å². The highest BCUT2D eigenvalue weighted by atomic mass is 35.5. The van der Waals surface area contributed by atoms with E-state index < -0.39 is 0 Å². The minimum absolute atomic E-state index is 0.156. The largest absolute Gasteiger partial charge is 0.396 e. The molecule has 1 nitrogen and oxygen atoms in total. The molecule has 0 heterocycles. The quantitative estimate of drug-likeness (QED) is 0.693. The second-order valence-electron chi connectivity index (χ2n) is 2.07. The molecule has 0 aliphatic heterocycles. The lowest BCUT2D eigenvalue weighted by molar-refractivity contribution is 0.299. The molecule has 0 saturated heterocycles. The van der Waals surface area contributed by atoms with Crippen LogP contribution in [0.4, 0.5) is 0 Å². The first kappa shape index (κ1) is 7.58. The van der Waals surface area contributed by atoms with Crippen LogP contribution in [0.5, 0.6) is 0 Å². The summed E-state index contributed by atoms with van der Waals surface area (Å²) < 4.78 is 0. The molecule has 2 heteroatoms. The maximum atomic E-state index is 8.59.